The maximum Gasteiger partial charge on any atom is 0.312 e. The summed E-state index contributed by atoms with van der Waals surface area (Å²) in [6, 6.07) is 14.2. The van der Waals surface area contributed by atoms with E-state index in [1.165, 1.54) is 12.1 Å². The zero-order chi connectivity index (χ0) is 17.4. The molecule has 5 nitrogen and oxygen atoms in total. The Balaban J connectivity index is 1.87. The number of hydrogen-bond donors (Lipinski definition) is 3. The molecule has 2 aromatic rings. The van der Waals surface area contributed by atoms with Crippen molar-refractivity contribution in [1.82, 2.24) is 10.6 Å². The number of urea groups is 1. The lowest BCUT2D eigenvalue weighted by Gasteiger charge is -2.17. The summed E-state index contributed by atoms with van der Waals surface area (Å²) in [6.07, 6.45) is 0.610. The van der Waals surface area contributed by atoms with E-state index in [0.29, 0.717) is 13.0 Å². The predicted octanol–water partition coefficient (Wildman–Crippen LogP) is 2.28. The van der Waals surface area contributed by atoms with Crippen molar-refractivity contribution in [3.8, 4) is 0 Å². The molecule has 0 saturated heterocycles. The molecule has 1 unspecified atom stereocenters. The number of rotatable bonds is 7. The molecule has 0 heterocycles. The van der Waals surface area contributed by atoms with Crippen LogP contribution in [0.5, 0.6) is 0 Å². The number of halogens is 1. The molecule has 4 N–H and O–H groups in total. The van der Waals surface area contributed by atoms with Gasteiger partial charge >= 0.3 is 6.03 Å². The number of nitrogens with one attached hydrogen (secondary N) is 2. The molecule has 0 aliphatic carbocycles. The van der Waals surface area contributed by atoms with Crippen LogP contribution in [0.2, 0.25) is 0 Å². The van der Waals surface area contributed by atoms with E-state index in [1.54, 1.807) is 12.1 Å². The van der Waals surface area contributed by atoms with Crippen LogP contribution in [0.4, 0.5) is 9.18 Å². The van der Waals surface area contributed by atoms with Gasteiger partial charge in [0.2, 0.25) is 5.91 Å². The van der Waals surface area contributed by atoms with Crippen LogP contribution in [0.1, 0.15) is 23.6 Å². The number of amides is 3. The van der Waals surface area contributed by atoms with E-state index in [-0.39, 0.29) is 18.1 Å². The Morgan fingerprint density at radius 3 is 2.50 bits per heavy atom. The van der Waals surface area contributed by atoms with Crippen LogP contribution in [0, 0.1) is 5.82 Å². The minimum atomic E-state index is -0.684. The maximum atomic E-state index is 13.1. The Morgan fingerprint density at radius 2 is 1.83 bits per heavy atom. The van der Waals surface area contributed by atoms with Crippen molar-refractivity contribution in [2.45, 2.75) is 18.9 Å². The second-order valence-corrected chi connectivity index (χ2v) is 5.41. The normalized spacial score (nSPS) is 11.5. The third kappa shape index (κ3) is 5.72. The van der Waals surface area contributed by atoms with Crippen LogP contribution in [-0.4, -0.2) is 18.5 Å². The number of nitrogens with two attached hydrogens (primary N) is 1. The summed E-state index contributed by atoms with van der Waals surface area (Å²) in [5, 5.41) is 5.34. The van der Waals surface area contributed by atoms with Gasteiger partial charge in [0.15, 0.2) is 0 Å². The smallest absolute Gasteiger partial charge is 0.312 e. The zero-order valence-electron chi connectivity index (χ0n) is 13.2. The molecule has 0 fully saturated rings. The van der Waals surface area contributed by atoms with Crippen molar-refractivity contribution < 1.29 is 14.0 Å². The monoisotopic (exact) mass is 329 g/mol. The first-order valence-electron chi connectivity index (χ1n) is 7.66. The molecule has 0 aliphatic heterocycles. The Hall–Kier alpha value is -2.89. The van der Waals surface area contributed by atoms with E-state index in [9.17, 15) is 14.0 Å². The summed E-state index contributed by atoms with van der Waals surface area (Å²) >= 11 is 0. The molecule has 6 heteroatoms. The highest BCUT2D eigenvalue weighted by atomic mass is 19.1. The van der Waals surface area contributed by atoms with Crippen molar-refractivity contribution in [3.05, 3.63) is 71.5 Å². The van der Waals surface area contributed by atoms with Gasteiger partial charge in [-0.3, -0.25) is 4.79 Å². The Bertz CT molecular complexity index is 692. The summed E-state index contributed by atoms with van der Waals surface area (Å²) in [4.78, 5) is 23.2. The second-order valence-electron chi connectivity index (χ2n) is 5.41. The van der Waals surface area contributed by atoms with E-state index in [4.69, 9.17) is 5.73 Å². The van der Waals surface area contributed by atoms with E-state index in [2.05, 4.69) is 10.6 Å². The number of carbonyl (C=O) groups is 2. The standard InChI is InChI=1S/C18H20FN3O2/c19-15-8-4-5-13(11-15)9-10-21-17(23)12-16(22-18(20)24)14-6-2-1-3-7-14/h1-8,11,16H,9-10,12H2,(H,21,23)(H3,20,22,24). The van der Waals surface area contributed by atoms with Crippen molar-refractivity contribution in [3.63, 3.8) is 0 Å². The molecule has 2 rings (SSSR count). The molecule has 0 spiro atoms. The summed E-state index contributed by atoms with van der Waals surface area (Å²) in [5.41, 5.74) is 6.79. The second kappa shape index (κ2) is 8.67. The van der Waals surface area contributed by atoms with Gasteiger partial charge in [-0.25, -0.2) is 9.18 Å². The molecule has 0 aliphatic rings. The highest BCUT2D eigenvalue weighted by molar-refractivity contribution is 5.78. The van der Waals surface area contributed by atoms with E-state index < -0.39 is 12.1 Å². The van der Waals surface area contributed by atoms with Gasteiger partial charge in [-0.05, 0) is 29.7 Å². The van der Waals surface area contributed by atoms with Crippen molar-refractivity contribution >= 4 is 11.9 Å². The van der Waals surface area contributed by atoms with Crippen molar-refractivity contribution in [2.24, 2.45) is 5.73 Å². The molecule has 24 heavy (non-hydrogen) atoms. The van der Waals surface area contributed by atoms with Crippen LogP contribution in [-0.2, 0) is 11.2 Å². The van der Waals surface area contributed by atoms with Crippen LogP contribution in [0.15, 0.2) is 54.6 Å². The zero-order valence-corrected chi connectivity index (χ0v) is 13.2. The van der Waals surface area contributed by atoms with Gasteiger partial charge in [0.05, 0.1) is 12.5 Å². The van der Waals surface area contributed by atoms with Crippen molar-refractivity contribution in [2.75, 3.05) is 6.54 Å². The third-order valence-corrected chi connectivity index (χ3v) is 3.53. The summed E-state index contributed by atoms with van der Waals surface area (Å²) in [7, 11) is 0. The van der Waals surface area contributed by atoms with Gasteiger partial charge in [-0.15, -0.1) is 0 Å². The lowest BCUT2D eigenvalue weighted by atomic mass is 10.0. The fourth-order valence-corrected chi connectivity index (χ4v) is 2.41. The molecular weight excluding hydrogens is 309 g/mol. The molecule has 1 atom stereocenters. The molecule has 0 radical (unpaired) electrons. The lowest BCUT2D eigenvalue weighted by Crippen LogP contribution is -2.37. The maximum absolute atomic E-state index is 13.1. The number of benzene rings is 2. The molecule has 0 bridgehead atoms. The van der Waals surface area contributed by atoms with Gasteiger partial charge in [-0.2, -0.15) is 0 Å². The Morgan fingerprint density at radius 1 is 1.08 bits per heavy atom. The van der Waals surface area contributed by atoms with E-state index in [0.717, 1.165) is 11.1 Å². The van der Waals surface area contributed by atoms with E-state index >= 15 is 0 Å². The molecule has 126 valence electrons. The van der Waals surface area contributed by atoms with Crippen LogP contribution >= 0.6 is 0 Å². The van der Waals surface area contributed by atoms with Gasteiger partial charge in [0.25, 0.3) is 0 Å². The highest BCUT2D eigenvalue weighted by Crippen LogP contribution is 2.16. The highest BCUT2D eigenvalue weighted by Gasteiger charge is 2.16. The molecule has 2 aromatic carbocycles. The van der Waals surface area contributed by atoms with E-state index in [1.807, 2.05) is 30.3 Å². The quantitative estimate of drug-likeness (QED) is 0.728. The average Bonchev–Trinajstić information content (AvgIpc) is 2.55. The molecule has 3 amide bonds. The number of hydrogen-bond acceptors (Lipinski definition) is 2. The van der Waals surface area contributed by atoms with Crippen LogP contribution < -0.4 is 16.4 Å². The minimum Gasteiger partial charge on any atom is -0.356 e. The van der Waals surface area contributed by atoms with Crippen LogP contribution in [0.25, 0.3) is 0 Å². The lowest BCUT2D eigenvalue weighted by molar-refractivity contribution is -0.121. The SMILES string of the molecule is NC(=O)NC(CC(=O)NCCc1cccc(F)c1)c1ccccc1. The minimum absolute atomic E-state index is 0.0795. The Labute approximate surface area is 140 Å². The van der Waals surface area contributed by atoms with Gasteiger partial charge in [0, 0.05) is 6.54 Å². The fraction of sp³-hybridized carbons (Fsp3) is 0.222. The van der Waals surface area contributed by atoms with Crippen molar-refractivity contribution in [1.29, 1.82) is 0 Å². The predicted molar refractivity (Wildman–Crippen MR) is 89.6 cm³/mol. The molecular formula is C18H20FN3O2. The first-order valence-corrected chi connectivity index (χ1v) is 7.66. The third-order valence-electron chi connectivity index (χ3n) is 3.53. The molecule has 0 saturated carbocycles. The number of carbonyl (C=O) groups excluding carboxylic acids is 2. The van der Waals surface area contributed by atoms with Gasteiger partial charge in [-0.1, -0.05) is 42.5 Å². The van der Waals surface area contributed by atoms with Crippen LogP contribution in [0.3, 0.4) is 0 Å². The number of primary amides is 1. The first-order chi connectivity index (χ1) is 11.5. The largest absolute Gasteiger partial charge is 0.356 e. The molecule has 0 aromatic heterocycles. The summed E-state index contributed by atoms with van der Waals surface area (Å²) in [6.45, 7) is 0.389. The summed E-state index contributed by atoms with van der Waals surface area (Å²) in [5.74, 6) is -0.511. The average molecular weight is 329 g/mol. The summed E-state index contributed by atoms with van der Waals surface area (Å²) < 4.78 is 13.1. The first kappa shape index (κ1) is 17.5. The topological polar surface area (TPSA) is 84.2 Å². The Kier molecular flexibility index (Phi) is 6.31. The fourth-order valence-electron chi connectivity index (χ4n) is 2.41. The van der Waals surface area contributed by atoms with Gasteiger partial charge < -0.3 is 16.4 Å². The van der Waals surface area contributed by atoms with Gasteiger partial charge in [0.1, 0.15) is 5.82 Å².